The lowest BCUT2D eigenvalue weighted by Crippen LogP contribution is -2.50. The van der Waals surface area contributed by atoms with Gasteiger partial charge in [-0.3, -0.25) is 0 Å². The Balaban J connectivity index is 2.58. The van der Waals surface area contributed by atoms with E-state index in [0.29, 0.717) is 13.0 Å². The van der Waals surface area contributed by atoms with Gasteiger partial charge in [0.15, 0.2) is 0 Å². The van der Waals surface area contributed by atoms with Crippen LogP contribution in [0.15, 0.2) is 19.0 Å². The zero-order valence-corrected chi connectivity index (χ0v) is 9.56. The molecule has 3 N–H and O–H groups in total. The van der Waals surface area contributed by atoms with E-state index in [0.717, 1.165) is 5.56 Å². The van der Waals surface area contributed by atoms with Crippen molar-refractivity contribution in [1.82, 2.24) is 15.1 Å². The molecule has 0 aromatic carbocycles. The van der Waals surface area contributed by atoms with Crippen LogP contribution in [0.2, 0.25) is 0 Å². The zero-order chi connectivity index (χ0) is 12.0. The number of hydrogen-bond donors (Lipinski definition) is 3. The Morgan fingerprint density at radius 3 is 2.69 bits per heavy atom. The molecular formula is C11H19N3O2. The highest BCUT2D eigenvalue weighted by atomic mass is 16.3. The summed E-state index contributed by atoms with van der Waals surface area (Å²) in [7, 11) is 0. The van der Waals surface area contributed by atoms with Gasteiger partial charge < -0.3 is 15.5 Å². The maximum atomic E-state index is 9.25. The average molecular weight is 225 g/mol. The molecule has 0 atom stereocenters. The average Bonchev–Trinajstić information content (AvgIpc) is 2.80. The summed E-state index contributed by atoms with van der Waals surface area (Å²) in [4.78, 5) is 0. The van der Waals surface area contributed by atoms with Gasteiger partial charge in [0.1, 0.15) is 0 Å². The first-order chi connectivity index (χ1) is 7.69. The fourth-order valence-electron chi connectivity index (χ4n) is 1.37. The fraction of sp³-hybridized carbons (Fsp3) is 0.545. The van der Waals surface area contributed by atoms with Crippen molar-refractivity contribution < 1.29 is 10.2 Å². The topological polar surface area (TPSA) is 70.3 Å². The van der Waals surface area contributed by atoms with Crippen LogP contribution in [0.3, 0.4) is 0 Å². The smallest absolute Gasteiger partial charge is 0.0648 e. The lowest BCUT2D eigenvalue weighted by molar-refractivity contribution is 0.0864. The van der Waals surface area contributed by atoms with E-state index in [2.05, 4.69) is 17.0 Å². The third-order valence-corrected chi connectivity index (χ3v) is 2.79. The Labute approximate surface area is 95.4 Å². The normalized spacial score (nSPS) is 11.7. The minimum absolute atomic E-state index is 0.0877. The molecule has 0 amide bonds. The van der Waals surface area contributed by atoms with Gasteiger partial charge in [-0.1, -0.05) is 13.5 Å². The highest BCUT2D eigenvalue weighted by Gasteiger charge is 2.25. The third kappa shape index (κ3) is 2.91. The van der Waals surface area contributed by atoms with Crippen molar-refractivity contribution in [1.29, 1.82) is 0 Å². The number of aromatic nitrogens is 2. The summed E-state index contributed by atoms with van der Waals surface area (Å²) >= 11 is 0. The number of aliphatic hydroxyl groups excluding tert-OH is 2. The molecule has 0 bridgehead atoms. The Kier molecular flexibility index (Phi) is 4.67. The van der Waals surface area contributed by atoms with Crippen LogP contribution in [0.25, 0.3) is 6.20 Å². The first kappa shape index (κ1) is 12.9. The van der Waals surface area contributed by atoms with E-state index >= 15 is 0 Å². The quantitative estimate of drug-likeness (QED) is 0.620. The largest absolute Gasteiger partial charge is 0.394 e. The first-order valence-electron chi connectivity index (χ1n) is 5.32. The molecule has 0 aliphatic heterocycles. The van der Waals surface area contributed by atoms with Gasteiger partial charge in [-0.15, -0.1) is 0 Å². The van der Waals surface area contributed by atoms with Crippen LogP contribution >= 0.6 is 0 Å². The predicted octanol–water partition coefficient (Wildman–Crippen LogP) is 0.207. The molecule has 0 saturated carbocycles. The molecule has 0 aliphatic rings. The summed E-state index contributed by atoms with van der Waals surface area (Å²) in [6.07, 6.45) is 5.84. The minimum atomic E-state index is -0.615. The number of rotatable bonds is 7. The van der Waals surface area contributed by atoms with E-state index in [1.165, 1.54) is 0 Å². The van der Waals surface area contributed by atoms with E-state index in [4.69, 9.17) is 0 Å². The molecule has 1 aromatic heterocycles. The van der Waals surface area contributed by atoms with E-state index in [1.54, 1.807) is 17.1 Å². The second kappa shape index (κ2) is 5.79. The summed E-state index contributed by atoms with van der Waals surface area (Å²) in [5.74, 6) is 0. The fourth-order valence-corrected chi connectivity index (χ4v) is 1.37. The molecule has 0 radical (unpaired) electrons. The monoisotopic (exact) mass is 225 g/mol. The molecule has 0 spiro atoms. The standard InChI is InChI=1S/C11H19N3O2/c1-3-11(8-15,9-16)12-5-10-6-13-14(4-2)7-10/h4,6-7,12,15-16H,2-3,5,8-9H2,1H3. The van der Waals surface area contributed by atoms with Gasteiger partial charge >= 0.3 is 0 Å². The van der Waals surface area contributed by atoms with Crippen LogP contribution in [0, 0.1) is 0 Å². The van der Waals surface area contributed by atoms with Crippen molar-refractivity contribution in [2.75, 3.05) is 13.2 Å². The molecule has 5 nitrogen and oxygen atoms in total. The van der Waals surface area contributed by atoms with Crippen molar-refractivity contribution in [2.45, 2.75) is 25.4 Å². The molecular weight excluding hydrogens is 206 g/mol. The summed E-state index contributed by atoms with van der Waals surface area (Å²) in [5.41, 5.74) is 0.371. The Bertz CT molecular complexity index is 323. The van der Waals surface area contributed by atoms with Gasteiger partial charge in [0.05, 0.1) is 24.9 Å². The minimum Gasteiger partial charge on any atom is -0.394 e. The second-order valence-corrected chi connectivity index (χ2v) is 3.81. The maximum absolute atomic E-state index is 9.25. The lowest BCUT2D eigenvalue weighted by atomic mass is 9.98. The van der Waals surface area contributed by atoms with E-state index in [9.17, 15) is 10.2 Å². The Morgan fingerprint density at radius 1 is 1.56 bits per heavy atom. The molecule has 5 heteroatoms. The van der Waals surface area contributed by atoms with E-state index in [-0.39, 0.29) is 13.2 Å². The zero-order valence-electron chi connectivity index (χ0n) is 9.56. The maximum Gasteiger partial charge on any atom is 0.0648 e. The summed E-state index contributed by atoms with van der Waals surface area (Å²) in [6.45, 7) is 5.91. The molecule has 1 rings (SSSR count). The van der Waals surface area contributed by atoms with Crippen molar-refractivity contribution in [3.8, 4) is 0 Å². The van der Waals surface area contributed by atoms with Gasteiger partial charge in [0.25, 0.3) is 0 Å². The Morgan fingerprint density at radius 2 is 2.25 bits per heavy atom. The van der Waals surface area contributed by atoms with Crippen LogP contribution in [-0.4, -0.2) is 38.7 Å². The Hall–Kier alpha value is -1.17. The van der Waals surface area contributed by atoms with Gasteiger partial charge in [-0.2, -0.15) is 5.10 Å². The van der Waals surface area contributed by atoms with Crippen molar-refractivity contribution in [3.05, 3.63) is 24.5 Å². The van der Waals surface area contributed by atoms with Crippen molar-refractivity contribution in [3.63, 3.8) is 0 Å². The highest BCUT2D eigenvalue weighted by molar-refractivity contribution is 5.17. The second-order valence-electron chi connectivity index (χ2n) is 3.81. The third-order valence-electron chi connectivity index (χ3n) is 2.79. The number of aliphatic hydroxyl groups is 2. The van der Waals surface area contributed by atoms with Crippen molar-refractivity contribution >= 4 is 6.20 Å². The van der Waals surface area contributed by atoms with Gasteiger partial charge in [-0.05, 0) is 6.42 Å². The highest BCUT2D eigenvalue weighted by Crippen LogP contribution is 2.10. The summed E-state index contributed by atoms with van der Waals surface area (Å²) in [5, 5.41) is 25.7. The van der Waals surface area contributed by atoms with Gasteiger partial charge in [-0.25, -0.2) is 4.68 Å². The molecule has 0 saturated heterocycles. The molecule has 0 fully saturated rings. The number of hydrogen-bond acceptors (Lipinski definition) is 4. The molecule has 90 valence electrons. The number of nitrogens with one attached hydrogen (secondary N) is 1. The lowest BCUT2D eigenvalue weighted by Gasteiger charge is -2.29. The van der Waals surface area contributed by atoms with Crippen LogP contribution in [0.5, 0.6) is 0 Å². The summed E-state index contributed by atoms with van der Waals surface area (Å²) in [6, 6.07) is 0. The van der Waals surface area contributed by atoms with Crippen molar-refractivity contribution in [2.24, 2.45) is 0 Å². The van der Waals surface area contributed by atoms with Gasteiger partial charge in [0.2, 0.25) is 0 Å². The SMILES string of the molecule is C=Cn1cc(CNC(CC)(CO)CO)cn1. The van der Waals surface area contributed by atoms with E-state index < -0.39 is 5.54 Å². The first-order valence-corrected chi connectivity index (χ1v) is 5.32. The molecule has 1 aromatic rings. The number of nitrogens with zero attached hydrogens (tertiary/aromatic N) is 2. The molecule has 0 unspecified atom stereocenters. The van der Waals surface area contributed by atoms with Crippen LogP contribution in [-0.2, 0) is 6.54 Å². The predicted molar refractivity (Wildman–Crippen MR) is 62.6 cm³/mol. The van der Waals surface area contributed by atoms with Crippen LogP contribution < -0.4 is 5.32 Å². The van der Waals surface area contributed by atoms with E-state index in [1.807, 2.05) is 13.1 Å². The molecule has 0 aliphatic carbocycles. The molecule has 1 heterocycles. The van der Waals surface area contributed by atoms with Gasteiger partial charge in [0, 0.05) is 24.5 Å². The summed E-state index contributed by atoms with van der Waals surface area (Å²) < 4.78 is 1.61. The molecule has 16 heavy (non-hydrogen) atoms. The van der Waals surface area contributed by atoms with Crippen LogP contribution in [0.4, 0.5) is 0 Å². The van der Waals surface area contributed by atoms with Crippen LogP contribution in [0.1, 0.15) is 18.9 Å².